The van der Waals surface area contributed by atoms with Gasteiger partial charge in [-0.25, -0.2) is 0 Å². The van der Waals surface area contributed by atoms with Crippen molar-refractivity contribution in [3.05, 3.63) is 53.3 Å². The number of fused-ring (bicyclic) bond motifs is 1. The van der Waals surface area contributed by atoms with E-state index in [1.54, 1.807) is 4.90 Å². The Labute approximate surface area is 148 Å². The Kier molecular flexibility index (Phi) is 5.22. The van der Waals surface area contributed by atoms with Crippen molar-refractivity contribution >= 4 is 17.5 Å². The van der Waals surface area contributed by atoms with E-state index in [0.29, 0.717) is 13.2 Å². The van der Waals surface area contributed by atoms with Gasteiger partial charge in [-0.2, -0.15) is 0 Å². The van der Waals surface area contributed by atoms with Crippen LogP contribution in [-0.2, 0) is 14.3 Å². The average Bonchev–Trinajstić information content (AvgIpc) is 2.85. The van der Waals surface area contributed by atoms with Gasteiger partial charge in [0.05, 0.1) is 12.4 Å². The Morgan fingerprint density at radius 2 is 2.08 bits per heavy atom. The molecule has 5 heteroatoms. The molecule has 0 aromatic heterocycles. The van der Waals surface area contributed by atoms with Crippen molar-refractivity contribution in [2.75, 3.05) is 18.1 Å². The smallest absolute Gasteiger partial charge is 0.254 e. The van der Waals surface area contributed by atoms with Gasteiger partial charge < -0.3 is 15.0 Å². The van der Waals surface area contributed by atoms with E-state index >= 15 is 0 Å². The fourth-order valence-corrected chi connectivity index (χ4v) is 3.23. The molecule has 2 aliphatic rings. The van der Waals surface area contributed by atoms with Gasteiger partial charge in [0, 0.05) is 31.1 Å². The molecule has 1 aromatic carbocycles. The van der Waals surface area contributed by atoms with Gasteiger partial charge in [-0.15, -0.1) is 0 Å². The molecule has 2 amide bonds. The van der Waals surface area contributed by atoms with Gasteiger partial charge in [0.25, 0.3) is 5.91 Å². The Balaban J connectivity index is 1.59. The highest BCUT2D eigenvalue weighted by molar-refractivity contribution is 6.06. The van der Waals surface area contributed by atoms with E-state index in [-0.39, 0.29) is 11.8 Å². The molecule has 132 valence electrons. The standard InChI is InChI=1S/C20H24N2O3/c1-14-8-10-16(11-9-14)25-13-5-12-22-18-7-4-3-6-17(18)19(20(22)24)21-15(2)23/h3-4,6-8,10,19H,5,9,11-13H2,1-2H3,(H,21,23). The monoisotopic (exact) mass is 340 g/mol. The lowest BCUT2D eigenvalue weighted by atomic mass is 10.1. The molecular weight excluding hydrogens is 316 g/mol. The van der Waals surface area contributed by atoms with Crippen molar-refractivity contribution in [3.8, 4) is 0 Å². The number of rotatable bonds is 6. The van der Waals surface area contributed by atoms with Crippen LogP contribution in [0, 0.1) is 0 Å². The quantitative estimate of drug-likeness (QED) is 0.809. The molecule has 0 bridgehead atoms. The molecule has 1 aromatic rings. The minimum absolute atomic E-state index is 0.0770. The topological polar surface area (TPSA) is 58.6 Å². The number of para-hydroxylation sites is 1. The zero-order valence-electron chi connectivity index (χ0n) is 14.7. The Hall–Kier alpha value is -2.56. The SMILES string of the molecule is CC(=O)NC1C(=O)N(CCCOC2=CC=C(C)CC2)c2ccccc21. The number of nitrogens with zero attached hydrogens (tertiary/aromatic N) is 1. The number of carbonyl (C=O) groups excluding carboxylic acids is 2. The first kappa shape index (κ1) is 17.3. The molecule has 1 heterocycles. The highest BCUT2D eigenvalue weighted by Crippen LogP contribution is 2.35. The number of hydrogen-bond donors (Lipinski definition) is 1. The Bertz CT molecular complexity index is 736. The van der Waals surface area contributed by atoms with Crippen molar-refractivity contribution in [3.63, 3.8) is 0 Å². The maximum Gasteiger partial charge on any atom is 0.254 e. The van der Waals surface area contributed by atoms with Gasteiger partial charge in [0.15, 0.2) is 0 Å². The van der Waals surface area contributed by atoms with Gasteiger partial charge in [0.2, 0.25) is 5.91 Å². The summed E-state index contributed by atoms with van der Waals surface area (Å²) in [5, 5.41) is 2.75. The predicted octanol–water partition coefficient (Wildman–Crippen LogP) is 3.24. The summed E-state index contributed by atoms with van der Waals surface area (Å²) in [4.78, 5) is 25.8. The molecule has 1 unspecified atom stereocenters. The second-order valence-corrected chi connectivity index (χ2v) is 6.53. The Morgan fingerprint density at radius 3 is 2.80 bits per heavy atom. The molecule has 1 aliphatic heterocycles. The Morgan fingerprint density at radius 1 is 1.28 bits per heavy atom. The van der Waals surface area contributed by atoms with E-state index in [1.807, 2.05) is 30.3 Å². The lowest BCUT2D eigenvalue weighted by Gasteiger charge is -2.19. The maximum absolute atomic E-state index is 12.7. The maximum atomic E-state index is 12.7. The number of benzene rings is 1. The van der Waals surface area contributed by atoms with Crippen LogP contribution in [0.1, 0.15) is 44.7 Å². The van der Waals surface area contributed by atoms with E-state index in [9.17, 15) is 9.59 Å². The summed E-state index contributed by atoms with van der Waals surface area (Å²) in [6, 6.07) is 7.04. The minimum atomic E-state index is -0.580. The molecule has 25 heavy (non-hydrogen) atoms. The normalized spacial score (nSPS) is 19.2. The van der Waals surface area contributed by atoms with Crippen molar-refractivity contribution < 1.29 is 14.3 Å². The second-order valence-electron chi connectivity index (χ2n) is 6.53. The zero-order valence-corrected chi connectivity index (χ0v) is 14.7. The molecule has 0 fully saturated rings. The summed E-state index contributed by atoms with van der Waals surface area (Å²) < 4.78 is 5.81. The third-order valence-electron chi connectivity index (χ3n) is 4.53. The van der Waals surface area contributed by atoms with Crippen LogP contribution in [0.4, 0.5) is 5.69 Å². The molecule has 0 spiro atoms. The molecule has 0 saturated carbocycles. The molecule has 5 nitrogen and oxygen atoms in total. The molecule has 1 N–H and O–H groups in total. The summed E-state index contributed by atoms with van der Waals surface area (Å²) in [5.74, 6) is 0.729. The lowest BCUT2D eigenvalue weighted by molar-refractivity contribution is -0.126. The van der Waals surface area contributed by atoms with Gasteiger partial charge in [-0.1, -0.05) is 29.8 Å². The van der Waals surface area contributed by atoms with Gasteiger partial charge in [-0.3, -0.25) is 9.59 Å². The van der Waals surface area contributed by atoms with Crippen molar-refractivity contribution in [2.24, 2.45) is 0 Å². The van der Waals surface area contributed by atoms with Crippen LogP contribution in [0.15, 0.2) is 47.7 Å². The second kappa shape index (κ2) is 7.55. The molecule has 0 saturated heterocycles. The highest BCUT2D eigenvalue weighted by Gasteiger charge is 2.37. The number of nitrogens with one attached hydrogen (secondary N) is 1. The third kappa shape index (κ3) is 3.92. The van der Waals surface area contributed by atoms with Crippen LogP contribution in [-0.4, -0.2) is 25.0 Å². The predicted molar refractivity (Wildman–Crippen MR) is 97.0 cm³/mol. The summed E-state index contributed by atoms with van der Waals surface area (Å²) in [5.41, 5.74) is 3.11. The zero-order chi connectivity index (χ0) is 17.8. The molecule has 1 aliphatic carbocycles. The van der Waals surface area contributed by atoms with E-state index in [4.69, 9.17) is 4.74 Å². The first-order valence-corrected chi connectivity index (χ1v) is 8.73. The highest BCUT2D eigenvalue weighted by atomic mass is 16.5. The number of amides is 2. The van der Waals surface area contributed by atoms with Crippen molar-refractivity contribution in [2.45, 2.75) is 39.2 Å². The summed E-state index contributed by atoms with van der Waals surface area (Å²) in [7, 11) is 0. The largest absolute Gasteiger partial charge is 0.498 e. The first-order valence-electron chi connectivity index (χ1n) is 8.73. The minimum Gasteiger partial charge on any atom is -0.498 e. The van der Waals surface area contributed by atoms with Crippen LogP contribution >= 0.6 is 0 Å². The van der Waals surface area contributed by atoms with E-state index in [0.717, 1.165) is 36.3 Å². The fraction of sp³-hybridized carbons (Fsp3) is 0.400. The van der Waals surface area contributed by atoms with Crippen LogP contribution in [0.5, 0.6) is 0 Å². The molecular formula is C20H24N2O3. The summed E-state index contributed by atoms with van der Waals surface area (Å²) >= 11 is 0. The van der Waals surface area contributed by atoms with Crippen LogP contribution in [0.3, 0.4) is 0 Å². The van der Waals surface area contributed by atoms with Crippen molar-refractivity contribution in [1.82, 2.24) is 5.32 Å². The third-order valence-corrected chi connectivity index (χ3v) is 4.53. The van der Waals surface area contributed by atoms with E-state index in [1.165, 1.54) is 12.5 Å². The van der Waals surface area contributed by atoms with Gasteiger partial charge in [-0.05, 0) is 31.9 Å². The van der Waals surface area contributed by atoms with Crippen molar-refractivity contribution in [1.29, 1.82) is 0 Å². The first-order chi connectivity index (χ1) is 12.1. The molecule has 3 rings (SSSR count). The van der Waals surface area contributed by atoms with Crippen LogP contribution in [0.25, 0.3) is 0 Å². The number of hydrogen-bond acceptors (Lipinski definition) is 3. The van der Waals surface area contributed by atoms with E-state index < -0.39 is 6.04 Å². The van der Waals surface area contributed by atoms with Crippen LogP contribution < -0.4 is 10.2 Å². The fourth-order valence-electron chi connectivity index (χ4n) is 3.23. The number of ether oxygens (including phenoxy) is 1. The van der Waals surface area contributed by atoms with E-state index in [2.05, 4.69) is 18.3 Å². The van der Waals surface area contributed by atoms with Gasteiger partial charge >= 0.3 is 0 Å². The molecule has 0 radical (unpaired) electrons. The molecule has 1 atom stereocenters. The number of allylic oxidation sites excluding steroid dienone is 4. The lowest BCUT2D eigenvalue weighted by Crippen LogP contribution is -2.37. The van der Waals surface area contributed by atoms with Crippen LogP contribution in [0.2, 0.25) is 0 Å². The van der Waals surface area contributed by atoms with Gasteiger partial charge in [0.1, 0.15) is 6.04 Å². The average molecular weight is 340 g/mol. The number of carbonyl (C=O) groups is 2. The summed E-state index contributed by atoms with van der Waals surface area (Å²) in [6.45, 7) is 4.71. The number of anilines is 1. The summed E-state index contributed by atoms with van der Waals surface area (Å²) in [6.07, 6.45) is 6.85.